The van der Waals surface area contributed by atoms with Crippen molar-refractivity contribution in [1.29, 1.82) is 0 Å². The molecule has 148 valence electrons. The molecule has 0 aliphatic heterocycles. The summed E-state index contributed by atoms with van der Waals surface area (Å²) in [5.74, 6) is 0.407. The van der Waals surface area contributed by atoms with Crippen molar-refractivity contribution in [2.24, 2.45) is 0 Å². The highest BCUT2D eigenvalue weighted by Crippen LogP contribution is 2.29. The molecule has 0 aliphatic carbocycles. The number of aryl methyl sites for hydroxylation is 1. The van der Waals surface area contributed by atoms with Gasteiger partial charge in [0.05, 0.1) is 23.2 Å². The summed E-state index contributed by atoms with van der Waals surface area (Å²) in [6.07, 6.45) is 0.414. The average molecular weight is 408 g/mol. The fourth-order valence-corrected chi connectivity index (χ4v) is 4.01. The second-order valence-electron chi connectivity index (χ2n) is 6.68. The van der Waals surface area contributed by atoms with E-state index < -0.39 is 0 Å². The van der Waals surface area contributed by atoms with E-state index in [9.17, 15) is 4.79 Å². The number of carbonyl (C=O) groups excluding carboxylic acids is 1. The molecule has 8 heteroatoms. The number of aliphatic hydroxyl groups excluding tert-OH is 1. The highest BCUT2D eigenvalue weighted by Gasteiger charge is 2.13. The highest BCUT2D eigenvalue weighted by molar-refractivity contribution is 7.18. The fourth-order valence-electron chi connectivity index (χ4n) is 3.01. The number of hydrogen-bond donors (Lipinski definition) is 2. The molecule has 4 rings (SSSR count). The van der Waals surface area contributed by atoms with Crippen LogP contribution in [0.5, 0.6) is 0 Å². The molecule has 2 heterocycles. The van der Waals surface area contributed by atoms with Crippen LogP contribution in [0.3, 0.4) is 0 Å². The van der Waals surface area contributed by atoms with Crippen LogP contribution in [0.25, 0.3) is 21.3 Å². The third kappa shape index (κ3) is 4.67. The molecule has 0 saturated heterocycles. The molecule has 7 nitrogen and oxygen atoms in total. The Morgan fingerprint density at radius 1 is 1.14 bits per heavy atom. The molecule has 2 N–H and O–H groups in total. The predicted octanol–water partition coefficient (Wildman–Crippen LogP) is 2.90. The minimum atomic E-state index is -0.266. The first kappa shape index (κ1) is 19.2. The van der Waals surface area contributed by atoms with Gasteiger partial charge in [-0.1, -0.05) is 35.9 Å². The smallest absolute Gasteiger partial charge is 0.229 e. The maximum atomic E-state index is 11.7. The van der Waals surface area contributed by atoms with E-state index in [4.69, 9.17) is 9.52 Å². The second-order valence-corrected chi connectivity index (χ2v) is 7.79. The first-order chi connectivity index (χ1) is 14.1. The third-order valence-electron chi connectivity index (χ3n) is 4.34. The van der Waals surface area contributed by atoms with Crippen molar-refractivity contribution in [3.8, 4) is 11.1 Å². The zero-order chi connectivity index (χ0) is 20.2. The van der Waals surface area contributed by atoms with Gasteiger partial charge in [0.2, 0.25) is 17.7 Å². The topological polar surface area (TPSA) is 101 Å². The van der Waals surface area contributed by atoms with Crippen LogP contribution in [0, 0.1) is 6.92 Å². The molecule has 0 unspecified atom stereocenters. The number of fused-ring (bicyclic) bond motifs is 1. The van der Waals surface area contributed by atoms with Crippen molar-refractivity contribution in [2.45, 2.75) is 19.8 Å². The summed E-state index contributed by atoms with van der Waals surface area (Å²) >= 11 is 1.59. The number of thiazole rings is 1. The van der Waals surface area contributed by atoms with E-state index in [-0.39, 0.29) is 31.4 Å². The van der Waals surface area contributed by atoms with Crippen LogP contribution in [-0.2, 0) is 17.6 Å². The second kappa shape index (κ2) is 8.50. The van der Waals surface area contributed by atoms with Crippen LogP contribution < -0.4 is 5.32 Å². The first-order valence-corrected chi connectivity index (χ1v) is 10.1. The molecule has 0 spiro atoms. The molecule has 0 aliphatic rings. The standard InChI is InChI=1S/C21H20N4O3S/c1-13-3-2-4-14(9-13)15-5-6-16-17(10-15)29-21(23-16)12-20-25-24-19(28-20)11-18(27)22-7-8-26/h2-6,9-10,26H,7-8,11-12H2,1H3,(H,22,27). The first-order valence-electron chi connectivity index (χ1n) is 9.26. The Hall–Kier alpha value is -3.10. The van der Waals surface area contributed by atoms with Gasteiger partial charge in [0.1, 0.15) is 11.4 Å². The number of aliphatic hydroxyl groups is 1. The molecule has 29 heavy (non-hydrogen) atoms. The molecular formula is C21H20N4O3S. The monoisotopic (exact) mass is 408 g/mol. The van der Waals surface area contributed by atoms with E-state index in [1.165, 1.54) is 11.1 Å². The maximum Gasteiger partial charge on any atom is 0.229 e. The average Bonchev–Trinajstić information content (AvgIpc) is 3.32. The molecule has 0 saturated carbocycles. The van der Waals surface area contributed by atoms with E-state index >= 15 is 0 Å². The van der Waals surface area contributed by atoms with Crippen molar-refractivity contribution >= 4 is 27.5 Å². The third-order valence-corrected chi connectivity index (χ3v) is 5.36. The normalized spacial score (nSPS) is 11.1. The SMILES string of the molecule is Cc1cccc(-c2ccc3nc(Cc4nnc(CC(=O)NCCO)o4)sc3c2)c1. The van der Waals surface area contributed by atoms with Crippen molar-refractivity contribution in [1.82, 2.24) is 20.5 Å². The number of nitrogens with one attached hydrogen (secondary N) is 1. The number of rotatable bonds is 7. The van der Waals surface area contributed by atoms with Crippen LogP contribution in [-0.4, -0.2) is 39.3 Å². The Balaban J connectivity index is 1.48. The lowest BCUT2D eigenvalue weighted by molar-refractivity contribution is -0.120. The Morgan fingerprint density at radius 3 is 2.79 bits per heavy atom. The summed E-state index contributed by atoms with van der Waals surface area (Å²) in [4.78, 5) is 16.3. The molecule has 0 fully saturated rings. The quantitative estimate of drug-likeness (QED) is 0.488. The molecule has 0 atom stereocenters. The van der Waals surface area contributed by atoms with Crippen LogP contribution in [0.4, 0.5) is 0 Å². The number of aromatic nitrogens is 3. The lowest BCUT2D eigenvalue weighted by Gasteiger charge is -2.02. The van der Waals surface area contributed by atoms with E-state index in [1.807, 2.05) is 6.07 Å². The van der Waals surface area contributed by atoms with Crippen molar-refractivity contribution in [2.75, 3.05) is 13.2 Å². The Morgan fingerprint density at radius 2 is 1.97 bits per heavy atom. The summed E-state index contributed by atoms with van der Waals surface area (Å²) in [6, 6.07) is 14.7. The van der Waals surface area contributed by atoms with E-state index in [1.54, 1.807) is 11.3 Å². The van der Waals surface area contributed by atoms with E-state index in [0.717, 1.165) is 20.8 Å². The van der Waals surface area contributed by atoms with Crippen LogP contribution in [0.2, 0.25) is 0 Å². The maximum absolute atomic E-state index is 11.7. The van der Waals surface area contributed by atoms with Crippen molar-refractivity contribution in [3.05, 3.63) is 64.8 Å². The van der Waals surface area contributed by atoms with Gasteiger partial charge in [-0.25, -0.2) is 4.98 Å². The fraction of sp³-hybridized carbons (Fsp3) is 0.238. The molecular weight excluding hydrogens is 388 g/mol. The van der Waals surface area contributed by atoms with Gasteiger partial charge in [-0.2, -0.15) is 0 Å². The summed E-state index contributed by atoms with van der Waals surface area (Å²) in [6.45, 7) is 2.18. The number of benzene rings is 2. The van der Waals surface area contributed by atoms with Gasteiger partial charge in [0.25, 0.3) is 0 Å². The number of carbonyl (C=O) groups is 1. The van der Waals surface area contributed by atoms with Crippen LogP contribution in [0.1, 0.15) is 22.4 Å². The molecule has 2 aromatic carbocycles. The van der Waals surface area contributed by atoms with Gasteiger partial charge in [-0.05, 0) is 30.2 Å². The van der Waals surface area contributed by atoms with E-state index in [2.05, 4.69) is 63.8 Å². The van der Waals surface area contributed by atoms with E-state index in [0.29, 0.717) is 12.3 Å². The van der Waals surface area contributed by atoms with Gasteiger partial charge < -0.3 is 14.8 Å². The minimum Gasteiger partial charge on any atom is -0.424 e. The highest BCUT2D eigenvalue weighted by atomic mass is 32.1. The molecule has 0 radical (unpaired) electrons. The number of amides is 1. The largest absolute Gasteiger partial charge is 0.424 e. The van der Waals surface area contributed by atoms with Crippen LogP contribution in [0.15, 0.2) is 46.9 Å². The minimum absolute atomic E-state index is 0.00725. The molecule has 0 bridgehead atoms. The summed E-state index contributed by atoms with van der Waals surface area (Å²) < 4.78 is 6.66. The summed E-state index contributed by atoms with van der Waals surface area (Å²) in [5.41, 5.74) is 4.50. The van der Waals surface area contributed by atoms with Gasteiger partial charge in [0, 0.05) is 6.54 Å². The Kier molecular flexibility index (Phi) is 5.64. The number of hydrogen-bond acceptors (Lipinski definition) is 7. The lowest BCUT2D eigenvalue weighted by Crippen LogP contribution is -2.27. The molecule has 2 aromatic heterocycles. The number of nitrogens with zero attached hydrogens (tertiary/aromatic N) is 3. The molecule has 4 aromatic rings. The van der Waals surface area contributed by atoms with Crippen molar-refractivity contribution in [3.63, 3.8) is 0 Å². The van der Waals surface area contributed by atoms with Crippen molar-refractivity contribution < 1.29 is 14.3 Å². The van der Waals surface area contributed by atoms with Gasteiger partial charge in [-0.3, -0.25) is 4.79 Å². The lowest BCUT2D eigenvalue weighted by atomic mass is 10.0. The molecule has 1 amide bonds. The summed E-state index contributed by atoms with van der Waals surface area (Å²) in [7, 11) is 0. The zero-order valence-electron chi connectivity index (χ0n) is 15.9. The zero-order valence-corrected chi connectivity index (χ0v) is 16.7. The summed E-state index contributed by atoms with van der Waals surface area (Å²) in [5, 5.41) is 20.1. The Labute approximate surface area is 171 Å². The van der Waals surface area contributed by atoms with Gasteiger partial charge >= 0.3 is 0 Å². The Bertz CT molecular complexity index is 1150. The van der Waals surface area contributed by atoms with Gasteiger partial charge in [0.15, 0.2) is 0 Å². The van der Waals surface area contributed by atoms with Crippen LogP contribution >= 0.6 is 11.3 Å². The van der Waals surface area contributed by atoms with Gasteiger partial charge in [-0.15, -0.1) is 21.5 Å². The predicted molar refractivity (Wildman–Crippen MR) is 111 cm³/mol.